The van der Waals surface area contributed by atoms with Crippen molar-refractivity contribution >= 4 is 41.0 Å². The molecule has 1 aliphatic rings. The summed E-state index contributed by atoms with van der Waals surface area (Å²) in [7, 11) is 0. The number of nitrogens with zero attached hydrogens (tertiary/aromatic N) is 1. The average molecular weight is 564 g/mol. The third-order valence-electron chi connectivity index (χ3n) is 5.90. The quantitative estimate of drug-likeness (QED) is 0.128. The molecule has 0 radical (unpaired) electrons. The number of nitrogens with one attached hydrogen (secondary N) is 4. The molecule has 0 unspecified atom stereocenters. The molecule has 1 saturated heterocycles. The van der Waals surface area contributed by atoms with Crippen LogP contribution in [-0.2, 0) is 20.9 Å². The SMILES string of the molecule is N=C(NC(=O)O)c1csc(CNC(=O)[C@@H]2C[C@](F)(CO)CN2C(=O)CNC(=O)CCCOc2ccccc2)c1. The number of hydrogen-bond acceptors (Lipinski definition) is 8. The van der Waals surface area contributed by atoms with Crippen molar-refractivity contribution in [2.24, 2.45) is 0 Å². The van der Waals surface area contributed by atoms with Gasteiger partial charge in [-0.3, -0.25) is 25.1 Å². The summed E-state index contributed by atoms with van der Waals surface area (Å²) < 4.78 is 20.5. The molecule has 210 valence electrons. The zero-order valence-corrected chi connectivity index (χ0v) is 21.8. The van der Waals surface area contributed by atoms with Gasteiger partial charge in [-0.1, -0.05) is 18.2 Å². The number of amidine groups is 1. The van der Waals surface area contributed by atoms with Gasteiger partial charge in [0.1, 0.15) is 17.6 Å². The number of thiophene rings is 1. The molecule has 0 aliphatic carbocycles. The number of carboxylic acid groups (broad SMARTS) is 1. The third kappa shape index (κ3) is 8.75. The number of amides is 4. The monoisotopic (exact) mass is 563 g/mol. The third-order valence-corrected chi connectivity index (χ3v) is 6.84. The molecule has 1 aromatic heterocycles. The van der Waals surface area contributed by atoms with Crippen molar-refractivity contribution in [3.8, 4) is 5.75 Å². The number of para-hydroxylation sites is 1. The number of aliphatic hydroxyl groups excluding tert-OH is 1. The van der Waals surface area contributed by atoms with E-state index in [1.165, 1.54) is 17.4 Å². The van der Waals surface area contributed by atoms with Crippen LogP contribution in [0.25, 0.3) is 0 Å². The van der Waals surface area contributed by atoms with Gasteiger partial charge in [-0.05, 0) is 24.6 Å². The van der Waals surface area contributed by atoms with E-state index in [1.54, 1.807) is 17.5 Å². The maximum Gasteiger partial charge on any atom is 0.410 e. The van der Waals surface area contributed by atoms with Gasteiger partial charge in [0.2, 0.25) is 17.7 Å². The number of rotatable bonds is 12. The van der Waals surface area contributed by atoms with Gasteiger partial charge >= 0.3 is 6.09 Å². The standard InChI is InChI=1S/C25H30FN5O7S/c26-25(15-32)10-19(23(35)29-11-18-9-16(13-39-18)22(27)30-24(36)37)31(14-25)21(34)12-28-20(33)7-4-8-38-17-5-2-1-3-6-17/h1-3,5-6,9,13,19,32H,4,7-8,10-12,14-15H2,(H2,27,30)(H,28,33)(H,29,35)(H,36,37)/t19-,25+/m0/s1. The minimum absolute atomic E-state index is 0.00256. The first-order chi connectivity index (χ1) is 18.6. The number of carbonyl (C=O) groups excluding carboxylic acids is 3. The highest BCUT2D eigenvalue weighted by molar-refractivity contribution is 7.10. The van der Waals surface area contributed by atoms with Crippen molar-refractivity contribution in [3.05, 3.63) is 52.2 Å². The van der Waals surface area contributed by atoms with Crippen LogP contribution < -0.4 is 20.7 Å². The van der Waals surface area contributed by atoms with Gasteiger partial charge in [-0.25, -0.2) is 9.18 Å². The summed E-state index contributed by atoms with van der Waals surface area (Å²) in [5.41, 5.74) is -1.85. The van der Waals surface area contributed by atoms with Crippen molar-refractivity contribution in [2.75, 3.05) is 26.3 Å². The molecule has 12 nitrogen and oxygen atoms in total. The fourth-order valence-electron chi connectivity index (χ4n) is 3.93. The lowest BCUT2D eigenvalue weighted by Crippen LogP contribution is -2.49. The predicted molar refractivity (Wildman–Crippen MR) is 139 cm³/mol. The fraction of sp³-hybridized carbons (Fsp3) is 0.400. The molecule has 2 heterocycles. The molecule has 1 aliphatic heterocycles. The summed E-state index contributed by atoms with van der Waals surface area (Å²) >= 11 is 1.18. The Morgan fingerprint density at radius 2 is 1.95 bits per heavy atom. The van der Waals surface area contributed by atoms with Gasteiger partial charge in [0.15, 0.2) is 5.67 Å². The van der Waals surface area contributed by atoms with Gasteiger partial charge in [0.25, 0.3) is 0 Å². The first kappa shape index (κ1) is 29.5. The number of carbonyl (C=O) groups is 4. The molecule has 39 heavy (non-hydrogen) atoms. The second kappa shape index (κ2) is 13.7. The Bertz CT molecular complexity index is 1190. The van der Waals surface area contributed by atoms with Crippen molar-refractivity contribution in [2.45, 2.75) is 37.5 Å². The summed E-state index contributed by atoms with van der Waals surface area (Å²) in [6.45, 7) is -1.49. The Labute approximate surface area is 227 Å². The van der Waals surface area contributed by atoms with Crippen molar-refractivity contribution in [3.63, 3.8) is 0 Å². The highest BCUT2D eigenvalue weighted by atomic mass is 32.1. The van der Waals surface area contributed by atoms with Crippen LogP contribution in [0.2, 0.25) is 0 Å². The summed E-state index contributed by atoms with van der Waals surface area (Å²) in [5, 5.41) is 34.5. The van der Waals surface area contributed by atoms with E-state index < -0.39 is 61.6 Å². The van der Waals surface area contributed by atoms with E-state index in [4.69, 9.17) is 15.3 Å². The number of ether oxygens (including phenoxy) is 1. The molecule has 6 N–H and O–H groups in total. The number of hydrogen-bond donors (Lipinski definition) is 6. The van der Waals surface area contributed by atoms with Crippen molar-refractivity contribution in [1.29, 1.82) is 5.41 Å². The maximum atomic E-state index is 15.0. The average Bonchev–Trinajstić information content (AvgIpc) is 3.54. The van der Waals surface area contributed by atoms with Gasteiger partial charge in [-0.2, -0.15) is 0 Å². The largest absolute Gasteiger partial charge is 0.494 e. The molecule has 2 atom stereocenters. The van der Waals surface area contributed by atoms with E-state index in [9.17, 15) is 28.7 Å². The zero-order chi connectivity index (χ0) is 28.4. The molecule has 14 heteroatoms. The highest BCUT2D eigenvalue weighted by Gasteiger charge is 2.49. The minimum Gasteiger partial charge on any atom is -0.494 e. The Hall–Kier alpha value is -4.04. The predicted octanol–water partition coefficient (Wildman–Crippen LogP) is 1.23. The summed E-state index contributed by atoms with van der Waals surface area (Å²) in [6, 6.07) is 9.43. The van der Waals surface area contributed by atoms with E-state index in [2.05, 4.69) is 10.6 Å². The van der Waals surface area contributed by atoms with Crippen molar-refractivity contribution in [1.82, 2.24) is 20.9 Å². The summed E-state index contributed by atoms with van der Waals surface area (Å²) in [6.07, 6.45) is -1.26. The van der Waals surface area contributed by atoms with Crippen LogP contribution in [0.3, 0.4) is 0 Å². The Morgan fingerprint density at radius 3 is 2.64 bits per heavy atom. The van der Waals surface area contributed by atoms with Crippen LogP contribution in [-0.4, -0.2) is 82.8 Å². The van der Waals surface area contributed by atoms with Crippen LogP contribution >= 0.6 is 11.3 Å². The number of likely N-dealkylation sites (tertiary alicyclic amines) is 1. The first-order valence-corrected chi connectivity index (χ1v) is 13.0. The van der Waals surface area contributed by atoms with Crippen LogP contribution in [0.1, 0.15) is 29.7 Å². The van der Waals surface area contributed by atoms with Crippen LogP contribution in [0.5, 0.6) is 5.75 Å². The lowest BCUT2D eigenvalue weighted by molar-refractivity contribution is -0.138. The Kier molecular flexibility index (Phi) is 10.3. The van der Waals surface area contributed by atoms with Gasteiger partial charge in [0.05, 0.1) is 32.8 Å². The molecule has 1 fully saturated rings. The summed E-state index contributed by atoms with van der Waals surface area (Å²) in [5.74, 6) is -1.35. The van der Waals surface area contributed by atoms with E-state index >= 15 is 0 Å². The molecule has 4 amide bonds. The number of aliphatic hydroxyl groups is 1. The van der Waals surface area contributed by atoms with Crippen LogP contribution in [0.15, 0.2) is 41.8 Å². The molecular weight excluding hydrogens is 533 g/mol. The minimum atomic E-state index is -2.16. The van der Waals surface area contributed by atoms with Gasteiger partial charge in [-0.15, -0.1) is 11.3 Å². The van der Waals surface area contributed by atoms with Crippen LogP contribution in [0.4, 0.5) is 9.18 Å². The zero-order valence-electron chi connectivity index (χ0n) is 20.9. The molecule has 1 aromatic carbocycles. The van der Waals surface area contributed by atoms with E-state index in [0.717, 1.165) is 4.90 Å². The lowest BCUT2D eigenvalue weighted by Gasteiger charge is -2.24. The molecule has 2 aromatic rings. The molecule has 0 spiro atoms. The number of alkyl halides is 1. The second-order valence-electron chi connectivity index (χ2n) is 8.92. The Morgan fingerprint density at radius 1 is 1.21 bits per heavy atom. The molecular formula is C25H30FN5O7S. The maximum absolute atomic E-state index is 15.0. The normalized spacial score (nSPS) is 18.3. The van der Waals surface area contributed by atoms with Crippen LogP contribution in [0, 0.1) is 5.41 Å². The molecule has 0 saturated carbocycles. The van der Waals surface area contributed by atoms with E-state index in [1.807, 2.05) is 23.5 Å². The number of halogens is 1. The smallest absolute Gasteiger partial charge is 0.410 e. The second-order valence-corrected chi connectivity index (χ2v) is 9.91. The van der Waals surface area contributed by atoms with E-state index in [-0.39, 0.29) is 18.8 Å². The lowest BCUT2D eigenvalue weighted by atomic mass is 10.0. The highest BCUT2D eigenvalue weighted by Crippen LogP contribution is 2.31. The molecule has 3 rings (SSSR count). The number of benzene rings is 1. The Balaban J connectivity index is 1.48. The fourth-order valence-corrected chi connectivity index (χ4v) is 4.74. The van der Waals surface area contributed by atoms with E-state index in [0.29, 0.717) is 29.2 Å². The van der Waals surface area contributed by atoms with Gasteiger partial charge in [0, 0.05) is 28.7 Å². The topological polar surface area (TPSA) is 181 Å². The summed E-state index contributed by atoms with van der Waals surface area (Å²) in [4.78, 5) is 50.1. The molecule has 0 bridgehead atoms. The van der Waals surface area contributed by atoms with Crippen molar-refractivity contribution < 1.29 is 38.5 Å². The first-order valence-electron chi connectivity index (χ1n) is 12.1. The van der Waals surface area contributed by atoms with Gasteiger partial charge < -0.3 is 30.5 Å².